The van der Waals surface area contributed by atoms with Crippen LogP contribution in [0.2, 0.25) is 0 Å². The molecule has 0 bridgehead atoms. The zero-order valence-corrected chi connectivity index (χ0v) is 10.5. The fraction of sp³-hybridized carbons (Fsp3) is 0.0714. The van der Waals surface area contributed by atoms with E-state index >= 15 is 0 Å². The Bertz CT molecular complexity index is 594. The summed E-state index contributed by atoms with van der Waals surface area (Å²) in [7, 11) is 1.56. The highest BCUT2D eigenvalue weighted by molar-refractivity contribution is 6.05. The topological polar surface area (TPSA) is 90.4 Å². The molecule has 0 saturated carbocycles. The Morgan fingerprint density at radius 2 is 1.79 bits per heavy atom. The summed E-state index contributed by atoms with van der Waals surface area (Å²) < 4.78 is 5.05. The SMILES string of the molecule is COc1ccc(NC(=O)c2ccc(N)cc2)c(N)c1. The number of nitrogen functional groups attached to an aromatic ring is 2. The Hall–Kier alpha value is -2.69. The molecule has 5 heteroatoms. The summed E-state index contributed by atoms with van der Waals surface area (Å²) in [4.78, 5) is 12.0. The van der Waals surface area contributed by atoms with E-state index in [0.29, 0.717) is 28.4 Å². The molecule has 0 aromatic heterocycles. The van der Waals surface area contributed by atoms with Gasteiger partial charge in [0.05, 0.1) is 18.5 Å². The molecule has 19 heavy (non-hydrogen) atoms. The number of nitrogens with two attached hydrogens (primary N) is 2. The minimum atomic E-state index is -0.239. The van der Waals surface area contributed by atoms with Gasteiger partial charge in [-0.3, -0.25) is 4.79 Å². The molecule has 0 radical (unpaired) electrons. The second kappa shape index (κ2) is 5.30. The molecule has 0 fully saturated rings. The number of carbonyl (C=O) groups excluding carboxylic acids is 1. The lowest BCUT2D eigenvalue weighted by atomic mass is 10.2. The van der Waals surface area contributed by atoms with Crippen molar-refractivity contribution >= 4 is 23.0 Å². The molecule has 2 aromatic carbocycles. The highest BCUT2D eigenvalue weighted by atomic mass is 16.5. The molecule has 0 saturated heterocycles. The second-order valence-electron chi connectivity index (χ2n) is 4.03. The number of hydrogen-bond donors (Lipinski definition) is 3. The van der Waals surface area contributed by atoms with Crippen molar-refractivity contribution in [2.75, 3.05) is 23.9 Å². The van der Waals surface area contributed by atoms with Gasteiger partial charge in [-0.15, -0.1) is 0 Å². The molecule has 0 unspecified atom stereocenters. The molecule has 1 amide bonds. The Morgan fingerprint density at radius 3 is 2.37 bits per heavy atom. The third-order valence-corrected chi connectivity index (χ3v) is 2.68. The van der Waals surface area contributed by atoms with Gasteiger partial charge >= 0.3 is 0 Å². The van der Waals surface area contributed by atoms with Crippen molar-refractivity contribution in [3.05, 3.63) is 48.0 Å². The Morgan fingerprint density at radius 1 is 1.11 bits per heavy atom. The van der Waals surface area contributed by atoms with E-state index in [1.54, 1.807) is 49.6 Å². The summed E-state index contributed by atoms with van der Waals surface area (Å²) >= 11 is 0. The number of methoxy groups -OCH3 is 1. The molecule has 0 atom stereocenters. The third kappa shape index (κ3) is 2.95. The molecule has 2 rings (SSSR count). The maximum absolute atomic E-state index is 12.0. The standard InChI is InChI=1S/C14H15N3O2/c1-19-11-6-7-13(12(16)8-11)17-14(18)9-2-4-10(15)5-3-9/h2-8H,15-16H2,1H3,(H,17,18). The Balaban J connectivity index is 2.17. The third-order valence-electron chi connectivity index (χ3n) is 2.68. The van der Waals surface area contributed by atoms with Gasteiger partial charge in [-0.2, -0.15) is 0 Å². The fourth-order valence-corrected chi connectivity index (χ4v) is 1.61. The predicted octanol–water partition coefficient (Wildman–Crippen LogP) is 2.11. The fourth-order valence-electron chi connectivity index (χ4n) is 1.61. The lowest BCUT2D eigenvalue weighted by molar-refractivity contribution is 0.102. The van der Waals surface area contributed by atoms with E-state index in [1.165, 1.54) is 0 Å². The summed E-state index contributed by atoms with van der Waals surface area (Å²) in [5.74, 6) is 0.403. The van der Waals surface area contributed by atoms with Crippen molar-refractivity contribution < 1.29 is 9.53 Å². The quantitative estimate of drug-likeness (QED) is 0.734. The van der Waals surface area contributed by atoms with Crippen LogP contribution < -0.4 is 21.5 Å². The zero-order chi connectivity index (χ0) is 13.8. The first-order valence-electron chi connectivity index (χ1n) is 5.70. The highest BCUT2D eigenvalue weighted by Crippen LogP contribution is 2.24. The number of rotatable bonds is 3. The van der Waals surface area contributed by atoms with Gasteiger partial charge in [0.25, 0.3) is 5.91 Å². The molecule has 0 heterocycles. The average Bonchev–Trinajstić information content (AvgIpc) is 2.41. The van der Waals surface area contributed by atoms with Crippen molar-refractivity contribution in [1.29, 1.82) is 0 Å². The molecule has 0 aliphatic carbocycles. The van der Waals surface area contributed by atoms with Crippen LogP contribution in [0.4, 0.5) is 17.1 Å². The van der Waals surface area contributed by atoms with Gasteiger partial charge in [-0.25, -0.2) is 0 Å². The molecule has 0 spiro atoms. The molecular formula is C14H15N3O2. The van der Waals surface area contributed by atoms with Crippen LogP contribution in [0.15, 0.2) is 42.5 Å². The van der Waals surface area contributed by atoms with Crippen molar-refractivity contribution in [2.45, 2.75) is 0 Å². The summed E-state index contributed by atoms with van der Waals surface area (Å²) in [6, 6.07) is 11.7. The predicted molar refractivity (Wildman–Crippen MR) is 76.2 cm³/mol. The molecule has 2 aromatic rings. The van der Waals surface area contributed by atoms with Crippen molar-refractivity contribution in [3.8, 4) is 5.75 Å². The van der Waals surface area contributed by atoms with E-state index in [2.05, 4.69) is 5.32 Å². The van der Waals surface area contributed by atoms with Crippen molar-refractivity contribution in [3.63, 3.8) is 0 Å². The molecule has 5 nitrogen and oxygen atoms in total. The van der Waals surface area contributed by atoms with Crippen LogP contribution in [0.1, 0.15) is 10.4 Å². The smallest absolute Gasteiger partial charge is 0.255 e. The molecular weight excluding hydrogens is 242 g/mol. The Kier molecular flexibility index (Phi) is 3.56. The normalized spacial score (nSPS) is 9.95. The maximum atomic E-state index is 12.0. The molecule has 98 valence electrons. The average molecular weight is 257 g/mol. The second-order valence-corrected chi connectivity index (χ2v) is 4.03. The number of ether oxygens (including phenoxy) is 1. The first kappa shape index (κ1) is 12.8. The van der Waals surface area contributed by atoms with Crippen LogP contribution in [-0.2, 0) is 0 Å². The monoisotopic (exact) mass is 257 g/mol. The number of hydrogen-bond acceptors (Lipinski definition) is 4. The van der Waals surface area contributed by atoms with Crippen molar-refractivity contribution in [2.24, 2.45) is 0 Å². The van der Waals surface area contributed by atoms with E-state index in [4.69, 9.17) is 16.2 Å². The van der Waals surface area contributed by atoms with Gasteiger partial charge < -0.3 is 21.5 Å². The van der Waals surface area contributed by atoms with Gasteiger partial charge in [-0.1, -0.05) is 0 Å². The van der Waals surface area contributed by atoms with Gasteiger partial charge in [0.1, 0.15) is 5.75 Å². The number of anilines is 3. The minimum Gasteiger partial charge on any atom is -0.497 e. The molecule has 0 aliphatic rings. The van der Waals surface area contributed by atoms with E-state index in [1.807, 2.05) is 0 Å². The van der Waals surface area contributed by atoms with Crippen LogP contribution in [0.25, 0.3) is 0 Å². The van der Waals surface area contributed by atoms with Crippen molar-refractivity contribution in [1.82, 2.24) is 0 Å². The molecule has 0 aliphatic heterocycles. The van der Waals surface area contributed by atoms with E-state index < -0.39 is 0 Å². The zero-order valence-electron chi connectivity index (χ0n) is 10.5. The van der Waals surface area contributed by atoms with E-state index in [-0.39, 0.29) is 5.91 Å². The summed E-state index contributed by atoms with van der Waals surface area (Å²) in [5, 5.41) is 2.74. The minimum absolute atomic E-state index is 0.239. The first-order valence-corrected chi connectivity index (χ1v) is 5.70. The summed E-state index contributed by atoms with van der Waals surface area (Å²) in [6.07, 6.45) is 0. The number of benzene rings is 2. The van der Waals surface area contributed by atoms with Gasteiger partial charge in [0, 0.05) is 17.3 Å². The van der Waals surface area contributed by atoms with Crippen LogP contribution in [-0.4, -0.2) is 13.0 Å². The lowest BCUT2D eigenvalue weighted by Crippen LogP contribution is -2.13. The summed E-state index contributed by atoms with van der Waals surface area (Å²) in [6.45, 7) is 0. The van der Waals surface area contributed by atoms with Gasteiger partial charge in [-0.05, 0) is 36.4 Å². The van der Waals surface area contributed by atoms with Crippen LogP contribution in [0.3, 0.4) is 0 Å². The molecule has 5 N–H and O–H groups in total. The van der Waals surface area contributed by atoms with Crippen LogP contribution in [0.5, 0.6) is 5.75 Å². The number of nitrogens with one attached hydrogen (secondary N) is 1. The first-order chi connectivity index (χ1) is 9.10. The Labute approximate surface area is 111 Å². The van der Waals surface area contributed by atoms with Crippen LogP contribution >= 0.6 is 0 Å². The number of amides is 1. The lowest BCUT2D eigenvalue weighted by Gasteiger charge is -2.09. The van der Waals surface area contributed by atoms with E-state index in [9.17, 15) is 4.79 Å². The highest BCUT2D eigenvalue weighted by Gasteiger charge is 2.08. The maximum Gasteiger partial charge on any atom is 0.255 e. The van der Waals surface area contributed by atoms with Crippen LogP contribution in [0, 0.1) is 0 Å². The van der Waals surface area contributed by atoms with Gasteiger partial charge in [0.2, 0.25) is 0 Å². The van der Waals surface area contributed by atoms with Gasteiger partial charge in [0.15, 0.2) is 0 Å². The summed E-state index contributed by atoms with van der Waals surface area (Å²) in [5.41, 5.74) is 13.5. The van der Waals surface area contributed by atoms with E-state index in [0.717, 1.165) is 0 Å². The largest absolute Gasteiger partial charge is 0.497 e. The number of carbonyl (C=O) groups is 1.